The Balaban J connectivity index is 1.68. The van der Waals surface area contributed by atoms with Crippen LogP contribution in [0.25, 0.3) is 0 Å². The summed E-state index contributed by atoms with van der Waals surface area (Å²) < 4.78 is 5.34. The molecule has 2 rings (SSSR count). The van der Waals surface area contributed by atoms with Crippen LogP contribution in [-0.2, 0) is 16.0 Å². The zero-order chi connectivity index (χ0) is 19.3. The van der Waals surface area contributed by atoms with Crippen molar-refractivity contribution in [2.24, 2.45) is 4.99 Å². The number of para-hydroxylation sites is 1. The summed E-state index contributed by atoms with van der Waals surface area (Å²) in [6.45, 7) is 8.81. The Morgan fingerprint density at radius 1 is 1.19 bits per heavy atom. The van der Waals surface area contributed by atoms with Crippen LogP contribution < -0.4 is 15.5 Å². The van der Waals surface area contributed by atoms with E-state index < -0.39 is 0 Å². The molecule has 6 heteroatoms. The predicted molar refractivity (Wildman–Crippen MR) is 111 cm³/mol. The lowest BCUT2D eigenvalue weighted by Crippen LogP contribution is -2.38. The van der Waals surface area contributed by atoms with Crippen LogP contribution in [0.1, 0.15) is 45.1 Å². The van der Waals surface area contributed by atoms with Crippen molar-refractivity contribution in [3.63, 3.8) is 0 Å². The van der Waals surface area contributed by atoms with Crippen LogP contribution in [0.3, 0.4) is 0 Å². The number of carbonyl (C=O) groups is 1. The maximum absolute atomic E-state index is 12.5. The van der Waals surface area contributed by atoms with E-state index in [0.717, 1.165) is 70.2 Å². The Morgan fingerprint density at radius 3 is 2.85 bits per heavy atom. The topological polar surface area (TPSA) is 66.0 Å². The van der Waals surface area contributed by atoms with Crippen LogP contribution in [0.4, 0.5) is 5.69 Å². The summed E-state index contributed by atoms with van der Waals surface area (Å²) in [6, 6.07) is 8.18. The van der Waals surface area contributed by atoms with Crippen LogP contribution >= 0.6 is 0 Å². The lowest BCUT2D eigenvalue weighted by atomic mass is 10.2. The average molecular weight is 375 g/mol. The number of hydrogen-bond donors (Lipinski definition) is 2. The van der Waals surface area contributed by atoms with Crippen molar-refractivity contribution < 1.29 is 9.53 Å². The monoisotopic (exact) mass is 374 g/mol. The minimum Gasteiger partial charge on any atom is -0.382 e. The number of nitrogens with one attached hydrogen (secondary N) is 2. The minimum absolute atomic E-state index is 0.198. The van der Waals surface area contributed by atoms with Gasteiger partial charge in [-0.05, 0) is 51.2 Å². The number of amides is 1. The van der Waals surface area contributed by atoms with Gasteiger partial charge in [-0.2, -0.15) is 0 Å². The molecular formula is C21H34N4O2. The first-order chi connectivity index (χ1) is 13.3. The Hall–Kier alpha value is -2.08. The molecule has 6 nitrogen and oxygen atoms in total. The standard InChI is InChI=1S/C21H34N4O2/c1-3-22-21(23-14-7-8-17-27-4-2)24-15-9-12-20(26)25-16-13-18-10-5-6-11-19(18)25/h5-6,10-11H,3-4,7-9,12-17H2,1-2H3,(H2,22,23,24). The van der Waals surface area contributed by atoms with E-state index in [0.29, 0.717) is 13.0 Å². The molecule has 0 atom stereocenters. The van der Waals surface area contributed by atoms with Gasteiger partial charge in [-0.3, -0.25) is 9.79 Å². The van der Waals surface area contributed by atoms with E-state index in [-0.39, 0.29) is 5.91 Å². The first-order valence-electron chi connectivity index (χ1n) is 10.2. The Bertz CT molecular complexity index is 604. The Labute approximate surface area is 163 Å². The van der Waals surface area contributed by atoms with Crippen molar-refractivity contribution in [3.8, 4) is 0 Å². The third kappa shape index (κ3) is 7.21. The van der Waals surface area contributed by atoms with E-state index in [1.165, 1.54) is 5.56 Å². The van der Waals surface area contributed by atoms with Gasteiger partial charge in [0.2, 0.25) is 5.91 Å². The van der Waals surface area contributed by atoms with Crippen LogP contribution in [0, 0.1) is 0 Å². The SMILES string of the molecule is CCNC(=NCCCC(=O)N1CCc2ccccc21)NCCCCOCC. The van der Waals surface area contributed by atoms with Gasteiger partial charge in [0, 0.05) is 51.5 Å². The lowest BCUT2D eigenvalue weighted by Gasteiger charge is -2.17. The first kappa shape index (κ1) is 21.2. The summed E-state index contributed by atoms with van der Waals surface area (Å²) in [7, 11) is 0. The van der Waals surface area contributed by atoms with Crippen molar-refractivity contribution in [1.29, 1.82) is 0 Å². The second kappa shape index (κ2) is 12.3. The van der Waals surface area contributed by atoms with Gasteiger partial charge in [-0.25, -0.2) is 0 Å². The highest BCUT2D eigenvalue weighted by molar-refractivity contribution is 5.95. The smallest absolute Gasteiger partial charge is 0.227 e. The van der Waals surface area contributed by atoms with E-state index in [4.69, 9.17) is 4.74 Å². The third-order valence-corrected chi connectivity index (χ3v) is 4.56. The molecule has 1 aliphatic heterocycles. The van der Waals surface area contributed by atoms with Crippen molar-refractivity contribution in [3.05, 3.63) is 29.8 Å². The fraction of sp³-hybridized carbons (Fsp3) is 0.619. The van der Waals surface area contributed by atoms with E-state index in [2.05, 4.69) is 28.6 Å². The molecule has 27 heavy (non-hydrogen) atoms. The predicted octanol–water partition coefficient (Wildman–Crippen LogP) is 2.73. The van der Waals surface area contributed by atoms with Crippen LogP contribution in [-0.4, -0.2) is 51.3 Å². The first-order valence-corrected chi connectivity index (χ1v) is 10.2. The molecule has 0 aromatic heterocycles. The number of hydrogen-bond acceptors (Lipinski definition) is 3. The second-order valence-corrected chi connectivity index (χ2v) is 6.62. The number of nitrogens with zero attached hydrogens (tertiary/aromatic N) is 2. The highest BCUT2D eigenvalue weighted by atomic mass is 16.5. The molecule has 0 bridgehead atoms. The normalized spacial score (nSPS) is 13.6. The largest absolute Gasteiger partial charge is 0.382 e. The number of rotatable bonds is 11. The van der Waals surface area contributed by atoms with Gasteiger partial charge < -0.3 is 20.3 Å². The maximum atomic E-state index is 12.5. The fourth-order valence-corrected chi connectivity index (χ4v) is 3.18. The third-order valence-electron chi connectivity index (χ3n) is 4.56. The van der Waals surface area contributed by atoms with Gasteiger partial charge in [-0.1, -0.05) is 18.2 Å². The molecule has 1 aromatic carbocycles. The summed E-state index contributed by atoms with van der Waals surface area (Å²) in [5.74, 6) is 1.02. The molecule has 1 aromatic rings. The molecular weight excluding hydrogens is 340 g/mol. The zero-order valence-corrected chi connectivity index (χ0v) is 16.8. The summed E-state index contributed by atoms with van der Waals surface area (Å²) in [5, 5.41) is 6.60. The molecule has 0 saturated carbocycles. The highest BCUT2D eigenvalue weighted by Crippen LogP contribution is 2.27. The van der Waals surface area contributed by atoms with Crippen molar-refractivity contribution in [1.82, 2.24) is 10.6 Å². The van der Waals surface area contributed by atoms with Gasteiger partial charge in [0.15, 0.2) is 5.96 Å². The van der Waals surface area contributed by atoms with Gasteiger partial charge >= 0.3 is 0 Å². The molecule has 0 radical (unpaired) electrons. The quantitative estimate of drug-likeness (QED) is 0.355. The van der Waals surface area contributed by atoms with Crippen molar-refractivity contribution in [2.45, 2.75) is 46.0 Å². The van der Waals surface area contributed by atoms with Gasteiger partial charge in [-0.15, -0.1) is 0 Å². The Kier molecular flexibility index (Phi) is 9.69. The lowest BCUT2D eigenvalue weighted by molar-refractivity contribution is -0.118. The van der Waals surface area contributed by atoms with Crippen LogP contribution in [0.15, 0.2) is 29.3 Å². The molecule has 0 saturated heterocycles. The number of ether oxygens (including phenoxy) is 1. The molecule has 150 valence electrons. The molecule has 0 aliphatic carbocycles. The molecule has 2 N–H and O–H groups in total. The minimum atomic E-state index is 0.198. The average Bonchev–Trinajstić information content (AvgIpc) is 3.12. The number of anilines is 1. The molecule has 1 heterocycles. The zero-order valence-electron chi connectivity index (χ0n) is 16.8. The van der Waals surface area contributed by atoms with Gasteiger partial charge in [0.1, 0.15) is 0 Å². The summed E-state index contributed by atoms with van der Waals surface area (Å²) in [5.41, 5.74) is 2.35. The molecule has 0 unspecified atom stereocenters. The summed E-state index contributed by atoms with van der Waals surface area (Å²) in [4.78, 5) is 19.0. The van der Waals surface area contributed by atoms with Gasteiger partial charge in [0.25, 0.3) is 0 Å². The van der Waals surface area contributed by atoms with Crippen molar-refractivity contribution in [2.75, 3.05) is 44.3 Å². The molecule has 0 fully saturated rings. The number of unbranched alkanes of at least 4 members (excludes halogenated alkanes) is 1. The number of guanidine groups is 1. The number of benzene rings is 1. The molecule has 0 spiro atoms. The molecule has 1 amide bonds. The number of fused-ring (bicyclic) bond motifs is 1. The maximum Gasteiger partial charge on any atom is 0.227 e. The van der Waals surface area contributed by atoms with E-state index in [9.17, 15) is 4.79 Å². The fourth-order valence-electron chi connectivity index (χ4n) is 3.18. The van der Waals surface area contributed by atoms with E-state index in [1.807, 2.05) is 30.0 Å². The van der Waals surface area contributed by atoms with E-state index in [1.54, 1.807) is 0 Å². The number of carbonyl (C=O) groups excluding carboxylic acids is 1. The van der Waals surface area contributed by atoms with E-state index >= 15 is 0 Å². The second-order valence-electron chi connectivity index (χ2n) is 6.62. The molecule has 1 aliphatic rings. The number of aliphatic imine (C=N–C) groups is 1. The highest BCUT2D eigenvalue weighted by Gasteiger charge is 2.23. The summed E-state index contributed by atoms with van der Waals surface area (Å²) >= 11 is 0. The Morgan fingerprint density at radius 2 is 2.04 bits per heavy atom. The van der Waals surface area contributed by atoms with Crippen LogP contribution in [0.5, 0.6) is 0 Å². The van der Waals surface area contributed by atoms with Crippen LogP contribution in [0.2, 0.25) is 0 Å². The van der Waals surface area contributed by atoms with Crippen molar-refractivity contribution >= 4 is 17.6 Å². The van der Waals surface area contributed by atoms with Gasteiger partial charge in [0.05, 0.1) is 0 Å². The summed E-state index contributed by atoms with van der Waals surface area (Å²) in [6.07, 6.45) is 4.35.